The van der Waals surface area contributed by atoms with Gasteiger partial charge in [0.15, 0.2) is 0 Å². The van der Waals surface area contributed by atoms with Crippen LogP contribution < -0.4 is 10.6 Å². The lowest BCUT2D eigenvalue weighted by Crippen LogP contribution is -2.27. The van der Waals surface area contributed by atoms with E-state index in [4.69, 9.17) is 27.9 Å². The van der Waals surface area contributed by atoms with E-state index in [1.807, 2.05) is 0 Å². The first-order valence-corrected chi connectivity index (χ1v) is 7.90. The SMILES string of the molecule is COCCNC(=O)c1cccc(C(=O)Nc2cc(Cl)cc(Cl)c2)c1. The molecule has 0 unspecified atom stereocenters. The first kappa shape index (κ1) is 18.3. The van der Waals surface area contributed by atoms with Crippen LogP contribution in [0.3, 0.4) is 0 Å². The third kappa shape index (κ3) is 5.23. The highest BCUT2D eigenvalue weighted by atomic mass is 35.5. The highest BCUT2D eigenvalue weighted by Gasteiger charge is 2.11. The topological polar surface area (TPSA) is 67.4 Å². The van der Waals surface area contributed by atoms with Crippen LogP contribution in [0.4, 0.5) is 5.69 Å². The molecule has 0 saturated heterocycles. The van der Waals surface area contributed by atoms with Crippen LogP contribution in [-0.2, 0) is 4.74 Å². The minimum absolute atomic E-state index is 0.271. The molecule has 0 saturated carbocycles. The van der Waals surface area contributed by atoms with Crippen molar-refractivity contribution in [1.82, 2.24) is 5.32 Å². The third-order valence-corrected chi connectivity index (χ3v) is 3.54. The lowest BCUT2D eigenvalue weighted by Gasteiger charge is -2.08. The fourth-order valence-corrected chi connectivity index (χ4v) is 2.53. The molecule has 2 rings (SSSR count). The van der Waals surface area contributed by atoms with E-state index in [1.54, 1.807) is 43.5 Å². The first-order chi connectivity index (χ1) is 11.5. The summed E-state index contributed by atoms with van der Waals surface area (Å²) in [5.41, 5.74) is 1.22. The van der Waals surface area contributed by atoms with Crippen molar-refractivity contribution in [2.75, 3.05) is 25.6 Å². The molecule has 2 N–H and O–H groups in total. The van der Waals surface area contributed by atoms with Crippen molar-refractivity contribution in [3.8, 4) is 0 Å². The van der Waals surface area contributed by atoms with Gasteiger partial charge in [-0.25, -0.2) is 0 Å². The van der Waals surface area contributed by atoms with E-state index in [0.717, 1.165) is 0 Å². The van der Waals surface area contributed by atoms with Gasteiger partial charge in [0.05, 0.1) is 6.61 Å². The molecule has 0 aromatic heterocycles. The van der Waals surface area contributed by atoms with Gasteiger partial charge in [-0.3, -0.25) is 9.59 Å². The zero-order valence-corrected chi connectivity index (χ0v) is 14.4. The van der Waals surface area contributed by atoms with Crippen LogP contribution in [-0.4, -0.2) is 32.1 Å². The van der Waals surface area contributed by atoms with Crippen LogP contribution >= 0.6 is 23.2 Å². The summed E-state index contributed by atoms with van der Waals surface area (Å²) in [4.78, 5) is 24.3. The molecule has 5 nitrogen and oxygen atoms in total. The van der Waals surface area contributed by atoms with Gasteiger partial charge >= 0.3 is 0 Å². The molecule has 7 heteroatoms. The molecule has 2 aromatic carbocycles. The number of benzene rings is 2. The number of nitrogens with one attached hydrogen (secondary N) is 2. The summed E-state index contributed by atoms with van der Waals surface area (Å²) < 4.78 is 4.88. The Kier molecular flexibility index (Phi) is 6.61. The first-order valence-electron chi connectivity index (χ1n) is 7.14. The number of carbonyl (C=O) groups is 2. The summed E-state index contributed by atoms with van der Waals surface area (Å²) in [5, 5.41) is 6.24. The molecule has 0 fully saturated rings. The van der Waals surface area contributed by atoms with Crippen LogP contribution in [0.2, 0.25) is 10.0 Å². The number of methoxy groups -OCH3 is 1. The number of rotatable bonds is 6. The minimum Gasteiger partial charge on any atom is -0.383 e. The van der Waals surface area contributed by atoms with E-state index in [9.17, 15) is 9.59 Å². The summed E-state index contributed by atoms with van der Waals surface area (Å²) in [6, 6.07) is 11.2. The Balaban J connectivity index is 2.09. The van der Waals surface area contributed by atoms with Crippen LogP contribution in [0.5, 0.6) is 0 Å². The van der Waals surface area contributed by atoms with E-state index in [1.165, 1.54) is 6.07 Å². The molecular weight excluding hydrogens is 351 g/mol. The molecule has 0 atom stereocenters. The Morgan fingerprint density at radius 2 is 1.62 bits per heavy atom. The van der Waals surface area contributed by atoms with E-state index in [-0.39, 0.29) is 11.8 Å². The molecule has 0 aliphatic rings. The number of carbonyl (C=O) groups excluding carboxylic acids is 2. The fraction of sp³-hybridized carbons (Fsp3) is 0.176. The van der Waals surface area contributed by atoms with Crippen molar-refractivity contribution in [2.45, 2.75) is 0 Å². The van der Waals surface area contributed by atoms with E-state index in [0.29, 0.717) is 40.0 Å². The second-order valence-corrected chi connectivity index (χ2v) is 5.81. The Labute approximate surface area is 149 Å². The average Bonchev–Trinajstić information content (AvgIpc) is 2.54. The third-order valence-electron chi connectivity index (χ3n) is 3.10. The highest BCUT2D eigenvalue weighted by Crippen LogP contribution is 2.23. The largest absolute Gasteiger partial charge is 0.383 e. The number of halogens is 2. The average molecular weight is 367 g/mol. The van der Waals surface area contributed by atoms with Gasteiger partial charge in [-0.05, 0) is 36.4 Å². The van der Waals surface area contributed by atoms with Crippen LogP contribution in [0.1, 0.15) is 20.7 Å². The monoisotopic (exact) mass is 366 g/mol. The lowest BCUT2D eigenvalue weighted by atomic mass is 10.1. The van der Waals surface area contributed by atoms with Gasteiger partial charge in [-0.2, -0.15) is 0 Å². The standard InChI is InChI=1S/C17H16Cl2N2O3/c1-24-6-5-20-16(22)11-3-2-4-12(7-11)17(23)21-15-9-13(18)8-14(19)10-15/h2-4,7-10H,5-6H2,1H3,(H,20,22)(H,21,23). The maximum absolute atomic E-state index is 12.3. The Bertz CT molecular complexity index is 730. The number of hydrogen-bond acceptors (Lipinski definition) is 3. The zero-order chi connectivity index (χ0) is 17.5. The lowest BCUT2D eigenvalue weighted by molar-refractivity contribution is 0.0937. The molecule has 0 aliphatic heterocycles. The van der Waals surface area contributed by atoms with Gasteiger partial charge in [-0.15, -0.1) is 0 Å². The maximum Gasteiger partial charge on any atom is 0.255 e. The molecule has 0 spiro atoms. The van der Waals surface area contributed by atoms with Crippen molar-refractivity contribution in [3.05, 3.63) is 63.6 Å². The summed E-state index contributed by atoms with van der Waals surface area (Å²) in [6.45, 7) is 0.814. The smallest absolute Gasteiger partial charge is 0.255 e. The summed E-state index contributed by atoms with van der Waals surface area (Å²) in [5.74, 6) is -0.632. The van der Waals surface area contributed by atoms with Crippen LogP contribution in [0, 0.1) is 0 Å². The molecule has 0 bridgehead atoms. The predicted octanol–water partition coefficient (Wildman–Crippen LogP) is 3.62. The van der Waals surface area contributed by atoms with Crippen molar-refractivity contribution >= 4 is 40.7 Å². The summed E-state index contributed by atoms with van der Waals surface area (Å²) in [7, 11) is 1.55. The Morgan fingerprint density at radius 3 is 2.25 bits per heavy atom. The molecule has 0 radical (unpaired) electrons. The Morgan fingerprint density at radius 1 is 1.00 bits per heavy atom. The fourth-order valence-electron chi connectivity index (χ4n) is 2.00. The molecule has 24 heavy (non-hydrogen) atoms. The van der Waals surface area contributed by atoms with Crippen molar-refractivity contribution in [3.63, 3.8) is 0 Å². The quantitative estimate of drug-likeness (QED) is 0.767. The van der Waals surface area contributed by atoms with Gasteiger partial charge in [0.25, 0.3) is 11.8 Å². The second kappa shape index (κ2) is 8.68. The van der Waals surface area contributed by atoms with Crippen LogP contribution in [0.15, 0.2) is 42.5 Å². The molecule has 126 valence electrons. The summed E-state index contributed by atoms with van der Waals surface area (Å²) >= 11 is 11.8. The van der Waals surface area contributed by atoms with Crippen LogP contribution in [0.25, 0.3) is 0 Å². The maximum atomic E-state index is 12.3. The predicted molar refractivity (Wildman–Crippen MR) is 95.1 cm³/mol. The molecule has 0 aliphatic carbocycles. The minimum atomic E-state index is -0.361. The highest BCUT2D eigenvalue weighted by molar-refractivity contribution is 6.35. The normalized spacial score (nSPS) is 10.3. The van der Waals surface area contributed by atoms with Crippen molar-refractivity contribution in [1.29, 1.82) is 0 Å². The van der Waals surface area contributed by atoms with E-state index >= 15 is 0 Å². The second-order valence-electron chi connectivity index (χ2n) is 4.94. The van der Waals surface area contributed by atoms with Gasteiger partial charge in [-0.1, -0.05) is 29.3 Å². The van der Waals surface area contributed by atoms with Gasteiger partial charge < -0.3 is 15.4 Å². The summed E-state index contributed by atoms with van der Waals surface area (Å²) in [6.07, 6.45) is 0. The van der Waals surface area contributed by atoms with Crippen molar-refractivity contribution in [2.24, 2.45) is 0 Å². The van der Waals surface area contributed by atoms with Gasteiger partial charge in [0, 0.05) is 40.5 Å². The van der Waals surface area contributed by atoms with E-state index < -0.39 is 0 Å². The molecule has 2 aromatic rings. The zero-order valence-electron chi connectivity index (χ0n) is 12.9. The number of amides is 2. The van der Waals surface area contributed by atoms with Gasteiger partial charge in [0.1, 0.15) is 0 Å². The molecule has 0 heterocycles. The number of ether oxygens (including phenoxy) is 1. The Hall–Kier alpha value is -2.08. The number of hydrogen-bond donors (Lipinski definition) is 2. The van der Waals surface area contributed by atoms with E-state index in [2.05, 4.69) is 10.6 Å². The van der Waals surface area contributed by atoms with Gasteiger partial charge in [0.2, 0.25) is 0 Å². The number of anilines is 1. The van der Waals surface area contributed by atoms with Crippen molar-refractivity contribution < 1.29 is 14.3 Å². The molecule has 2 amide bonds. The molecular formula is C17H16Cl2N2O3.